The lowest BCUT2D eigenvalue weighted by molar-refractivity contribution is 0.0755. The fourth-order valence-corrected chi connectivity index (χ4v) is 2.19. The van der Waals surface area contributed by atoms with Gasteiger partial charge in [-0.05, 0) is 37.1 Å². The summed E-state index contributed by atoms with van der Waals surface area (Å²) in [5.41, 5.74) is 0.523. The topological polar surface area (TPSA) is 82.0 Å². The van der Waals surface area contributed by atoms with E-state index in [-0.39, 0.29) is 6.10 Å². The number of aliphatic hydroxyl groups excluding tert-OH is 1. The van der Waals surface area contributed by atoms with E-state index in [2.05, 4.69) is 10.2 Å². The second-order valence-electron chi connectivity index (χ2n) is 4.88. The van der Waals surface area contributed by atoms with E-state index in [0.717, 1.165) is 38.2 Å². The van der Waals surface area contributed by atoms with Crippen LogP contribution >= 0.6 is 0 Å². The van der Waals surface area contributed by atoms with Gasteiger partial charge in [0.15, 0.2) is 0 Å². The van der Waals surface area contributed by atoms with Crippen molar-refractivity contribution in [3.05, 3.63) is 24.3 Å². The molecule has 0 aliphatic carbocycles. The number of aliphatic hydroxyl groups is 1. The first-order valence-electron chi connectivity index (χ1n) is 6.77. The van der Waals surface area contributed by atoms with E-state index in [0.29, 0.717) is 12.3 Å². The van der Waals surface area contributed by atoms with Gasteiger partial charge in [0.25, 0.3) is 0 Å². The largest absolute Gasteiger partial charge is 0.492 e. The number of ether oxygens (including phenoxy) is 1. The van der Waals surface area contributed by atoms with E-state index in [1.807, 2.05) is 0 Å². The van der Waals surface area contributed by atoms with Crippen molar-refractivity contribution >= 4 is 11.8 Å². The Morgan fingerprint density at radius 2 is 1.95 bits per heavy atom. The molecule has 3 N–H and O–H groups in total. The maximum Gasteiger partial charge on any atom is 0.409 e. The molecule has 1 aliphatic heterocycles. The smallest absolute Gasteiger partial charge is 0.409 e. The molecule has 0 unspecified atom stereocenters. The minimum atomic E-state index is -1.08. The minimum absolute atomic E-state index is 0.151. The average molecular weight is 280 g/mol. The molecule has 1 aromatic rings. The van der Waals surface area contributed by atoms with Gasteiger partial charge in [-0.15, -0.1) is 0 Å². The highest BCUT2D eigenvalue weighted by molar-refractivity contribution is 5.82. The molecule has 0 spiro atoms. The number of likely N-dealkylation sites (tertiary alicyclic amines) is 1. The van der Waals surface area contributed by atoms with Gasteiger partial charge in [0.2, 0.25) is 0 Å². The second kappa shape index (κ2) is 7.12. The molecular formula is C14H20N2O4. The highest BCUT2D eigenvalue weighted by Crippen LogP contribution is 2.16. The van der Waals surface area contributed by atoms with Gasteiger partial charge in [0.1, 0.15) is 12.4 Å². The molecule has 0 atom stereocenters. The molecule has 6 nitrogen and oxygen atoms in total. The van der Waals surface area contributed by atoms with Gasteiger partial charge in [-0.2, -0.15) is 0 Å². The van der Waals surface area contributed by atoms with E-state index in [4.69, 9.17) is 9.84 Å². The number of carboxylic acid groups (broad SMARTS) is 1. The zero-order valence-electron chi connectivity index (χ0n) is 11.3. The fourth-order valence-electron chi connectivity index (χ4n) is 2.19. The van der Waals surface area contributed by atoms with Crippen molar-refractivity contribution in [3.8, 4) is 5.75 Å². The first-order chi connectivity index (χ1) is 9.63. The van der Waals surface area contributed by atoms with Gasteiger partial charge < -0.3 is 14.9 Å². The molecule has 0 radical (unpaired) electrons. The molecule has 0 saturated carbocycles. The number of hydrogen-bond donors (Lipinski definition) is 3. The zero-order chi connectivity index (χ0) is 14.4. The maximum absolute atomic E-state index is 10.5. The summed E-state index contributed by atoms with van der Waals surface area (Å²) >= 11 is 0. The van der Waals surface area contributed by atoms with Crippen LogP contribution < -0.4 is 10.1 Å². The van der Waals surface area contributed by atoms with Crippen molar-refractivity contribution < 1.29 is 19.7 Å². The number of benzene rings is 1. The summed E-state index contributed by atoms with van der Waals surface area (Å²) in [5, 5.41) is 20.3. The fraction of sp³-hybridized carbons (Fsp3) is 0.500. The first-order valence-corrected chi connectivity index (χ1v) is 6.77. The summed E-state index contributed by atoms with van der Waals surface area (Å²) in [6, 6.07) is 6.82. The minimum Gasteiger partial charge on any atom is -0.492 e. The van der Waals surface area contributed by atoms with Crippen LogP contribution in [0.25, 0.3) is 0 Å². The molecule has 6 heteroatoms. The van der Waals surface area contributed by atoms with Crippen molar-refractivity contribution in [1.82, 2.24) is 4.90 Å². The van der Waals surface area contributed by atoms with Gasteiger partial charge in [0, 0.05) is 25.3 Å². The predicted octanol–water partition coefficient (Wildman–Crippen LogP) is 1.61. The lowest BCUT2D eigenvalue weighted by Gasteiger charge is -2.29. The first kappa shape index (κ1) is 14.6. The molecule has 1 heterocycles. The van der Waals surface area contributed by atoms with Crippen LogP contribution in [0.3, 0.4) is 0 Å². The number of piperidine rings is 1. The van der Waals surface area contributed by atoms with Crippen LogP contribution in [0.2, 0.25) is 0 Å². The van der Waals surface area contributed by atoms with Gasteiger partial charge in [0.05, 0.1) is 6.10 Å². The number of anilines is 1. The lowest BCUT2D eigenvalue weighted by atomic mass is 10.1. The standard InChI is InChI=1S/C14H20N2O4/c17-12-5-7-16(8-6-12)9-10-20-13-3-1-11(2-4-13)15-14(18)19/h1-4,12,15,17H,5-10H2,(H,18,19). The van der Waals surface area contributed by atoms with E-state index in [1.54, 1.807) is 24.3 Å². The predicted molar refractivity (Wildman–Crippen MR) is 75.3 cm³/mol. The number of rotatable bonds is 5. The molecule has 1 saturated heterocycles. The van der Waals surface area contributed by atoms with Crippen molar-refractivity contribution in [3.63, 3.8) is 0 Å². The second-order valence-corrected chi connectivity index (χ2v) is 4.88. The van der Waals surface area contributed by atoms with Crippen molar-refractivity contribution in [1.29, 1.82) is 0 Å². The Morgan fingerprint density at radius 3 is 2.55 bits per heavy atom. The summed E-state index contributed by atoms with van der Waals surface area (Å²) in [6.45, 7) is 3.24. The third-order valence-corrected chi connectivity index (χ3v) is 3.34. The van der Waals surface area contributed by atoms with Crippen molar-refractivity contribution in [2.45, 2.75) is 18.9 Å². The third kappa shape index (κ3) is 4.71. The Kier molecular flexibility index (Phi) is 5.20. The number of nitrogens with one attached hydrogen (secondary N) is 1. The third-order valence-electron chi connectivity index (χ3n) is 3.34. The molecule has 1 aliphatic rings. The average Bonchev–Trinajstić information content (AvgIpc) is 2.42. The number of amides is 1. The molecule has 110 valence electrons. The number of nitrogens with zero attached hydrogens (tertiary/aromatic N) is 1. The van der Waals surface area contributed by atoms with Gasteiger partial charge >= 0.3 is 6.09 Å². The Morgan fingerprint density at radius 1 is 1.30 bits per heavy atom. The number of hydrogen-bond acceptors (Lipinski definition) is 4. The summed E-state index contributed by atoms with van der Waals surface area (Å²) in [5.74, 6) is 0.720. The van der Waals surface area contributed by atoms with Crippen LogP contribution in [-0.4, -0.2) is 53.6 Å². The highest BCUT2D eigenvalue weighted by atomic mass is 16.5. The van der Waals surface area contributed by atoms with Crippen LogP contribution in [0, 0.1) is 0 Å². The molecule has 2 rings (SSSR count). The quantitative estimate of drug-likeness (QED) is 0.763. The number of carbonyl (C=O) groups is 1. The molecule has 20 heavy (non-hydrogen) atoms. The van der Waals surface area contributed by atoms with Crippen LogP contribution in [0.5, 0.6) is 5.75 Å². The SMILES string of the molecule is O=C(O)Nc1ccc(OCCN2CCC(O)CC2)cc1. The van der Waals surface area contributed by atoms with E-state index in [1.165, 1.54) is 0 Å². The summed E-state index contributed by atoms with van der Waals surface area (Å²) < 4.78 is 5.62. The molecule has 0 aromatic heterocycles. The summed E-state index contributed by atoms with van der Waals surface area (Å²) in [6.07, 6.45) is 0.429. The van der Waals surface area contributed by atoms with Crippen LogP contribution in [-0.2, 0) is 0 Å². The molecule has 0 bridgehead atoms. The molecule has 1 fully saturated rings. The van der Waals surface area contributed by atoms with Crippen LogP contribution in [0.4, 0.5) is 10.5 Å². The molecular weight excluding hydrogens is 260 g/mol. The molecule has 1 amide bonds. The Balaban J connectivity index is 1.70. The Hall–Kier alpha value is -1.79. The maximum atomic E-state index is 10.5. The highest BCUT2D eigenvalue weighted by Gasteiger charge is 2.16. The van der Waals surface area contributed by atoms with Gasteiger partial charge in [-0.1, -0.05) is 0 Å². The lowest BCUT2D eigenvalue weighted by Crippen LogP contribution is -2.38. The Labute approximate surface area is 118 Å². The summed E-state index contributed by atoms with van der Waals surface area (Å²) in [4.78, 5) is 12.7. The van der Waals surface area contributed by atoms with Crippen molar-refractivity contribution in [2.24, 2.45) is 0 Å². The Bertz CT molecular complexity index is 427. The van der Waals surface area contributed by atoms with Crippen LogP contribution in [0.1, 0.15) is 12.8 Å². The van der Waals surface area contributed by atoms with E-state index in [9.17, 15) is 9.90 Å². The normalized spacial score (nSPS) is 16.9. The van der Waals surface area contributed by atoms with Crippen LogP contribution in [0.15, 0.2) is 24.3 Å². The van der Waals surface area contributed by atoms with E-state index < -0.39 is 6.09 Å². The van der Waals surface area contributed by atoms with Gasteiger partial charge in [-0.25, -0.2) is 4.79 Å². The van der Waals surface area contributed by atoms with Crippen molar-refractivity contribution in [2.75, 3.05) is 31.6 Å². The zero-order valence-corrected chi connectivity index (χ0v) is 11.3. The summed E-state index contributed by atoms with van der Waals surface area (Å²) in [7, 11) is 0. The van der Waals surface area contributed by atoms with Gasteiger partial charge in [-0.3, -0.25) is 10.2 Å². The monoisotopic (exact) mass is 280 g/mol. The molecule has 1 aromatic carbocycles. The van der Waals surface area contributed by atoms with E-state index >= 15 is 0 Å².